The molecule has 0 atom stereocenters. The number of piperidine rings is 1. The van der Waals surface area contributed by atoms with Crippen LogP contribution in [0, 0.1) is 28.8 Å². The summed E-state index contributed by atoms with van der Waals surface area (Å²) < 4.78 is 42.2. The number of halogens is 1. The predicted molar refractivity (Wildman–Crippen MR) is 126 cm³/mol. The van der Waals surface area contributed by atoms with Crippen LogP contribution < -0.4 is 9.80 Å². The molecule has 2 aliphatic rings. The third-order valence-electron chi connectivity index (χ3n) is 6.60. The smallest absolute Gasteiger partial charge is 0.295 e. The van der Waals surface area contributed by atoms with Gasteiger partial charge in [-0.15, -0.1) is 0 Å². The van der Waals surface area contributed by atoms with Crippen molar-refractivity contribution in [2.45, 2.75) is 31.6 Å². The summed E-state index contributed by atoms with van der Waals surface area (Å²) in [6, 6.07) is 9.26. The number of sulfonamides is 1. The van der Waals surface area contributed by atoms with Crippen molar-refractivity contribution in [3.63, 3.8) is 0 Å². The Morgan fingerprint density at radius 1 is 0.939 bits per heavy atom. The molecular weight excluding hydrogens is 447 g/mol. The second-order valence-corrected chi connectivity index (χ2v) is 10.9. The molecule has 0 spiro atoms. The number of hydrogen-bond acceptors (Lipinski definition) is 6. The molecule has 2 fully saturated rings. The van der Waals surface area contributed by atoms with Crippen LogP contribution in [0.2, 0.25) is 0 Å². The maximum absolute atomic E-state index is 14.8. The maximum atomic E-state index is 14.8. The number of hydrogen-bond donors (Lipinski definition) is 0. The molecule has 8 nitrogen and oxygen atoms in total. The molecule has 2 saturated heterocycles. The molecule has 0 bridgehead atoms. The highest BCUT2D eigenvalue weighted by Gasteiger charge is 2.32. The summed E-state index contributed by atoms with van der Waals surface area (Å²) in [5.74, 6) is -0.0222. The molecule has 0 aromatic heterocycles. The third kappa shape index (κ3) is 4.81. The Morgan fingerprint density at radius 3 is 2.09 bits per heavy atom. The van der Waals surface area contributed by atoms with Crippen molar-refractivity contribution in [1.29, 1.82) is 0 Å². The molecule has 2 aromatic carbocycles. The molecule has 2 aliphatic heterocycles. The summed E-state index contributed by atoms with van der Waals surface area (Å²) in [6.45, 7) is 6.43. The third-order valence-corrected chi connectivity index (χ3v) is 8.52. The van der Waals surface area contributed by atoms with Crippen LogP contribution in [0.15, 0.2) is 41.3 Å². The molecular formula is C23H29FN4O4S. The fraction of sp³-hybridized carbons (Fsp3) is 0.478. The Balaban J connectivity index is 1.56. The largest absolute Gasteiger partial charge is 0.369 e. The molecule has 0 saturated carbocycles. The van der Waals surface area contributed by atoms with Crippen LogP contribution in [0.25, 0.3) is 0 Å². The first-order valence-electron chi connectivity index (χ1n) is 11.2. The molecule has 0 unspecified atom stereocenters. The van der Waals surface area contributed by atoms with Crippen LogP contribution in [0.1, 0.15) is 25.3 Å². The minimum Gasteiger partial charge on any atom is -0.369 e. The molecule has 2 heterocycles. The molecule has 33 heavy (non-hydrogen) atoms. The predicted octanol–water partition coefficient (Wildman–Crippen LogP) is 3.79. The van der Waals surface area contributed by atoms with Crippen LogP contribution in [-0.4, -0.2) is 56.9 Å². The Morgan fingerprint density at radius 2 is 1.52 bits per heavy atom. The zero-order valence-electron chi connectivity index (χ0n) is 18.9. The standard InChI is InChI=1S/C23H29FN4O4S/c1-17-3-5-19(6-4-17)33(31,32)27-13-11-26(12-14-27)22-16-21(20(24)15-23(22)28(29)30)25-9-7-18(2)8-10-25/h3-6,15-16,18H,7-14H2,1-2H3. The summed E-state index contributed by atoms with van der Waals surface area (Å²) in [5, 5.41) is 11.7. The second kappa shape index (κ2) is 9.26. The van der Waals surface area contributed by atoms with Gasteiger partial charge >= 0.3 is 0 Å². The van der Waals surface area contributed by atoms with E-state index in [4.69, 9.17) is 0 Å². The molecule has 0 N–H and O–H groups in total. The zero-order valence-corrected chi connectivity index (χ0v) is 19.7. The van der Waals surface area contributed by atoms with E-state index in [0.717, 1.165) is 24.5 Å². The van der Waals surface area contributed by atoms with E-state index in [9.17, 15) is 22.9 Å². The first-order chi connectivity index (χ1) is 15.7. The lowest BCUT2D eigenvalue weighted by atomic mass is 9.98. The van der Waals surface area contributed by atoms with Crippen LogP contribution >= 0.6 is 0 Å². The van der Waals surface area contributed by atoms with Gasteiger partial charge in [0.1, 0.15) is 5.69 Å². The summed E-state index contributed by atoms with van der Waals surface area (Å²) in [4.78, 5) is 15.1. The molecule has 4 rings (SSSR count). The number of benzene rings is 2. The minimum absolute atomic E-state index is 0.196. The van der Waals surface area contributed by atoms with Gasteiger partial charge in [0.25, 0.3) is 5.69 Å². The fourth-order valence-corrected chi connectivity index (χ4v) is 5.88. The SMILES string of the molecule is Cc1ccc(S(=O)(=O)N2CCN(c3cc(N4CCC(C)CC4)c(F)cc3[N+](=O)[O-])CC2)cc1. The van der Waals surface area contributed by atoms with Gasteiger partial charge < -0.3 is 9.80 Å². The van der Waals surface area contributed by atoms with Gasteiger partial charge in [-0.25, -0.2) is 12.8 Å². The molecule has 0 amide bonds. The number of nitrogens with zero attached hydrogens (tertiary/aromatic N) is 4. The molecule has 10 heteroatoms. The number of aryl methyl sites for hydroxylation is 1. The van der Waals surface area contributed by atoms with Crippen molar-refractivity contribution in [3.8, 4) is 0 Å². The number of piperazine rings is 1. The molecule has 178 valence electrons. The topological polar surface area (TPSA) is 87.0 Å². The highest BCUT2D eigenvalue weighted by molar-refractivity contribution is 7.89. The lowest BCUT2D eigenvalue weighted by Crippen LogP contribution is -2.48. The highest BCUT2D eigenvalue weighted by atomic mass is 32.2. The van der Waals surface area contributed by atoms with Crippen molar-refractivity contribution in [2.24, 2.45) is 5.92 Å². The van der Waals surface area contributed by atoms with Gasteiger partial charge in [0, 0.05) is 39.3 Å². The molecule has 0 aliphatic carbocycles. The van der Waals surface area contributed by atoms with Crippen molar-refractivity contribution < 1.29 is 17.7 Å². The van der Waals surface area contributed by atoms with Crippen molar-refractivity contribution in [1.82, 2.24) is 4.31 Å². The number of nitro benzene ring substituents is 1. The Labute approximate surface area is 193 Å². The second-order valence-electron chi connectivity index (χ2n) is 8.92. The van der Waals surface area contributed by atoms with Crippen LogP contribution in [0.4, 0.5) is 21.5 Å². The zero-order chi connectivity index (χ0) is 23.8. The van der Waals surface area contributed by atoms with E-state index in [1.54, 1.807) is 35.2 Å². The quantitative estimate of drug-likeness (QED) is 0.482. The van der Waals surface area contributed by atoms with Gasteiger partial charge in [0.15, 0.2) is 5.82 Å². The summed E-state index contributed by atoms with van der Waals surface area (Å²) in [7, 11) is -3.64. The lowest BCUT2D eigenvalue weighted by molar-refractivity contribution is -0.384. The first kappa shape index (κ1) is 23.4. The van der Waals surface area contributed by atoms with Crippen LogP contribution in [0.5, 0.6) is 0 Å². The van der Waals surface area contributed by atoms with Gasteiger partial charge in [-0.2, -0.15) is 4.31 Å². The number of anilines is 2. The lowest BCUT2D eigenvalue weighted by Gasteiger charge is -2.36. The van der Waals surface area contributed by atoms with Gasteiger partial charge in [-0.1, -0.05) is 24.6 Å². The minimum atomic E-state index is -3.64. The Kier molecular flexibility index (Phi) is 6.58. The monoisotopic (exact) mass is 476 g/mol. The van der Waals surface area contributed by atoms with E-state index in [1.807, 2.05) is 11.8 Å². The van der Waals surface area contributed by atoms with Gasteiger partial charge in [-0.05, 0) is 43.9 Å². The summed E-state index contributed by atoms with van der Waals surface area (Å²) >= 11 is 0. The van der Waals surface area contributed by atoms with E-state index >= 15 is 0 Å². The van der Waals surface area contributed by atoms with Gasteiger partial charge in [0.05, 0.1) is 21.6 Å². The number of rotatable bonds is 5. The van der Waals surface area contributed by atoms with E-state index in [1.165, 1.54) is 4.31 Å². The maximum Gasteiger partial charge on any atom is 0.295 e. The average molecular weight is 477 g/mol. The van der Waals surface area contributed by atoms with Crippen molar-refractivity contribution in [3.05, 3.63) is 57.9 Å². The van der Waals surface area contributed by atoms with Crippen LogP contribution in [-0.2, 0) is 10.0 Å². The Bertz CT molecular complexity index is 1120. The summed E-state index contributed by atoms with van der Waals surface area (Å²) in [6.07, 6.45) is 1.89. The van der Waals surface area contributed by atoms with E-state index in [2.05, 4.69) is 6.92 Å². The van der Waals surface area contributed by atoms with Gasteiger partial charge in [0.2, 0.25) is 10.0 Å². The number of nitro groups is 1. The average Bonchev–Trinajstić information content (AvgIpc) is 2.80. The molecule has 2 aromatic rings. The molecule has 0 radical (unpaired) electrons. The van der Waals surface area contributed by atoms with Crippen LogP contribution in [0.3, 0.4) is 0 Å². The fourth-order valence-electron chi connectivity index (χ4n) is 4.46. The van der Waals surface area contributed by atoms with E-state index in [-0.39, 0.29) is 36.8 Å². The normalized spacial score (nSPS) is 18.5. The Hall–Kier alpha value is -2.72. The van der Waals surface area contributed by atoms with Crippen molar-refractivity contribution >= 4 is 27.1 Å². The van der Waals surface area contributed by atoms with E-state index in [0.29, 0.717) is 30.4 Å². The first-order valence-corrected chi connectivity index (χ1v) is 12.7. The highest BCUT2D eigenvalue weighted by Crippen LogP contribution is 2.37. The van der Waals surface area contributed by atoms with Crippen molar-refractivity contribution in [2.75, 3.05) is 49.1 Å². The summed E-state index contributed by atoms with van der Waals surface area (Å²) in [5.41, 5.74) is 1.39. The van der Waals surface area contributed by atoms with E-state index < -0.39 is 20.8 Å². The van der Waals surface area contributed by atoms with Gasteiger partial charge in [-0.3, -0.25) is 10.1 Å².